The maximum Gasteiger partial charge on any atom is 0.434 e. The minimum atomic E-state index is -4.53. The molecule has 11 heteroatoms. The zero-order valence-electron chi connectivity index (χ0n) is 14.2. The predicted molar refractivity (Wildman–Crippen MR) is 93.6 cm³/mol. The second kappa shape index (κ2) is 6.93. The Morgan fingerprint density at radius 1 is 1.16 bits per heavy atom. The first kappa shape index (κ1) is 16.8. The number of alkyl halides is 3. The Labute approximate surface area is 152 Å². The van der Waals surface area contributed by atoms with Gasteiger partial charge in [0.05, 0.1) is 14.4 Å². The van der Waals surface area contributed by atoms with Crippen LogP contribution in [0.4, 0.5) is 13.2 Å². The van der Waals surface area contributed by atoms with Gasteiger partial charge in [0.15, 0.2) is 16.5 Å². The molecule has 1 unspecified atom stereocenters. The van der Waals surface area contributed by atoms with Gasteiger partial charge < -0.3 is 4.52 Å². The van der Waals surface area contributed by atoms with Crippen LogP contribution < -0.4 is 4.52 Å². The Balaban J connectivity index is 2.09. The Morgan fingerprint density at radius 3 is 2.48 bits per heavy atom. The normalized spacial score (nSPS) is 13.6. The van der Waals surface area contributed by atoms with Gasteiger partial charge in [0.1, 0.15) is 12.0 Å². The molecule has 0 spiro atoms. The number of thiazole rings is 2. The molecule has 0 fully saturated rings. The van der Waals surface area contributed by atoms with Crippen LogP contribution in [0.5, 0.6) is 5.88 Å². The number of aryl methyl sites for hydroxylation is 2. The summed E-state index contributed by atoms with van der Waals surface area (Å²) in [5, 5.41) is 1.55. The fraction of sp³-hybridized carbons (Fsp3) is 0.286. The van der Waals surface area contributed by atoms with Crippen LogP contribution in [0.2, 0.25) is 0 Å². The molecule has 0 amide bonds. The standard InChI is InChI=1S/C14H12F3N4OPS2/c1-6-7(2)25-12(18-6)8-4-10(22-23-3)21-11(19-8)13-20-9(5-24-13)14(15,16)17/h4-5,23H,1-3H3/i23D. The van der Waals surface area contributed by atoms with Crippen molar-refractivity contribution >= 4 is 31.4 Å². The van der Waals surface area contributed by atoms with Crippen LogP contribution in [0.3, 0.4) is 0 Å². The second-order valence-corrected chi connectivity index (χ2v) is 7.49. The van der Waals surface area contributed by atoms with Crippen molar-refractivity contribution in [2.75, 3.05) is 6.66 Å². The first-order valence-corrected chi connectivity index (χ1v) is 9.86. The summed E-state index contributed by atoms with van der Waals surface area (Å²) < 4.78 is 51.4. The molecule has 3 heterocycles. The highest BCUT2D eigenvalue weighted by atomic mass is 32.1. The van der Waals surface area contributed by atoms with E-state index < -0.39 is 20.6 Å². The van der Waals surface area contributed by atoms with E-state index in [1.54, 1.807) is 6.66 Å². The number of nitrogens with zero attached hydrogens (tertiary/aromatic N) is 4. The fourth-order valence-electron chi connectivity index (χ4n) is 1.86. The average Bonchev–Trinajstić information content (AvgIpc) is 3.14. The van der Waals surface area contributed by atoms with Gasteiger partial charge in [0, 0.05) is 16.3 Å². The van der Waals surface area contributed by atoms with Crippen LogP contribution in [0.1, 0.15) is 16.3 Å². The van der Waals surface area contributed by atoms with E-state index in [1.807, 2.05) is 13.8 Å². The van der Waals surface area contributed by atoms with Crippen LogP contribution in [0.15, 0.2) is 11.4 Å². The summed E-state index contributed by atoms with van der Waals surface area (Å²) in [5.74, 6) is 0.128. The smallest absolute Gasteiger partial charge is 0.434 e. The highest BCUT2D eigenvalue weighted by Gasteiger charge is 2.34. The third-order valence-corrected chi connectivity index (χ3v) is 5.42. The van der Waals surface area contributed by atoms with Crippen molar-refractivity contribution in [1.82, 2.24) is 19.9 Å². The van der Waals surface area contributed by atoms with Gasteiger partial charge in [-0.05, 0) is 20.5 Å². The van der Waals surface area contributed by atoms with Crippen molar-refractivity contribution in [3.8, 4) is 27.4 Å². The van der Waals surface area contributed by atoms with Crippen LogP contribution in [0.25, 0.3) is 21.5 Å². The van der Waals surface area contributed by atoms with Crippen LogP contribution in [0, 0.1) is 13.8 Å². The topological polar surface area (TPSA) is 60.8 Å². The lowest BCUT2D eigenvalue weighted by atomic mass is 10.4. The van der Waals surface area contributed by atoms with E-state index in [4.69, 9.17) is 5.80 Å². The summed E-state index contributed by atoms with van der Waals surface area (Å²) in [6.07, 6.45) is -4.53. The van der Waals surface area contributed by atoms with E-state index in [1.165, 1.54) is 17.4 Å². The van der Waals surface area contributed by atoms with Gasteiger partial charge in [0.2, 0.25) is 5.88 Å². The molecular formula is C14H12F3N4OPS2. The molecule has 0 radical (unpaired) electrons. The van der Waals surface area contributed by atoms with Gasteiger partial charge in [-0.25, -0.2) is 15.0 Å². The Bertz CT molecular complexity index is 925. The highest BCUT2D eigenvalue weighted by Crippen LogP contribution is 2.35. The molecule has 1 atom stereocenters. The summed E-state index contributed by atoms with van der Waals surface area (Å²) in [6.45, 7) is 5.35. The van der Waals surface area contributed by atoms with E-state index in [-0.39, 0.29) is 16.7 Å². The number of aromatic nitrogens is 4. The van der Waals surface area contributed by atoms with Crippen LogP contribution in [-0.2, 0) is 6.18 Å². The van der Waals surface area contributed by atoms with Gasteiger partial charge in [0.25, 0.3) is 0 Å². The molecule has 0 saturated heterocycles. The SMILES string of the molecule is [2H]P(C)Oc1cc(-c2nc(C)c(C)s2)nc(-c2nc(C(F)(F)F)cs2)n1. The van der Waals surface area contributed by atoms with Gasteiger partial charge >= 0.3 is 6.18 Å². The molecule has 0 aliphatic heterocycles. The summed E-state index contributed by atoms with van der Waals surface area (Å²) >= 11 is 2.21. The van der Waals surface area contributed by atoms with Crippen molar-refractivity contribution in [3.05, 3.63) is 27.7 Å². The number of rotatable bonds is 4. The average molecular weight is 405 g/mol. The zero-order valence-corrected chi connectivity index (χ0v) is 15.8. The molecule has 0 N–H and O–H groups in total. The lowest BCUT2D eigenvalue weighted by Gasteiger charge is -2.05. The molecule has 3 rings (SSSR count). The molecular weight excluding hydrogens is 392 g/mol. The van der Waals surface area contributed by atoms with E-state index >= 15 is 0 Å². The molecule has 3 aromatic rings. The van der Waals surface area contributed by atoms with E-state index in [9.17, 15) is 13.2 Å². The number of halogens is 3. The number of hydrogen-bond acceptors (Lipinski definition) is 7. The molecule has 3 aromatic heterocycles. The number of hydrogen-bond donors (Lipinski definition) is 0. The maximum atomic E-state index is 12.8. The largest absolute Gasteiger partial charge is 0.460 e. The fourth-order valence-corrected chi connectivity index (χ4v) is 3.77. The van der Waals surface area contributed by atoms with Crippen molar-refractivity contribution in [3.63, 3.8) is 0 Å². The van der Waals surface area contributed by atoms with E-state index in [0.29, 0.717) is 10.7 Å². The first-order chi connectivity index (χ1) is 12.1. The molecule has 0 saturated carbocycles. The summed E-state index contributed by atoms with van der Waals surface area (Å²) in [5.41, 5.74) is 0.277. The molecule has 25 heavy (non-hydrogen) atoms. The molecule has 0 aliphatic carbocycles. The lowest BCUT2D eigenvalue weighted by molar-refractivity contribution is -0.140. The van der Waals surface area contributed by atoms with Crippen molar-refractivity contribution in [2.24, 2.45) is 0 Å². The lowest BCUT2D eigenvalue weighted by Crippen LogP contribution is -2.05. The zero-order chi connectivity index (χ0) is 19.1. The molecule has 0 aliphatic rings. The van der Waals surface area contributed by atoms with Gasteiger partial charge in [-0.2, -0.15) is 18.2 Å². The quantitative estimate of drug-likeness (QED) is 0.574. The summed E-state index contributed by atoms with van der Waals surface area (Å²) in [7, 11) is -1.51. The monoisotopic (exact) mass is 405 g/mol. The summed E-state index contributed by atoms with van der Waals surface area (Å²) in [4.78, 5) is 17.4. The van der Waals surface area contributed by atoms with Crippen molar-refractivity contribution < 1.29 is 17.7 Å². The van der Waals surface area contributed by atoms with Crippen molar-refractivity contribution in [1.29, 1.82) is 1.28 Å². The molecule has 132 valence electrons. The van der Waals surface area contributed by atoms with Crippen molar-refractivity contribution in [2.45, 2.75) is 20.0 Å². The first-order valence-electron chi connectivity index (χ1n) is 7.35. The molecule has 0 bridgehead atoms. The Morgan fingerprint density at radius 2 is 1.92 bits per heavy atom. The summed E-state index contributed by atoms with van der Waals surface area (Å²) in [6, 6.07) is 1.53. The van der Waals surface area contributed by atoms with Crippen LogP contribution in [-0.4, -0.2) is 27.9 Å². The second-order valence-electron chi connectivity index (χ2n) is 4.89. The molecule has 5 nitrogen and oxygen atoms in total. The van der Waals surface area contributed by atoms with Gasteiger partial charge in [-0.15, -0.1) is 22.7 Å². The van der Waals surface area contributed by atoms with E-state index in [0.717, 1.165) is 27.3 Å². The predicted octanol–water partition coefficient (Wildman–Crippen LogP) is 4.96. The van der Waals surface area contributed by atoms with E-state index in [2.05, 4.69) is 19.9 Å². The van der Waals surface area contributed by atoms with Gasteiger partial charge in [-0.1, -0.05) is 0 Å². The minimum Gasteiger partial charge on any atom is -0.460 e. The molecule has 0 aromatic carbocycles. The maximum absolute atomic E-state index is 12.8. The van der Waals surface area contributed by atoms with Crippen LogP contribution >= 0.6 is 31.4 Å². The highest BCUT2D eigenvalue weighted by molar-refractivity contribution is 7.31. The third-order valence-electron chi connectivity index (χ3n) is 3.12. The Hall–Kier alpha value is -1.64. The minimum absolute atomic E-state index is 0.0142. The Kier molecular flexibility index (Phi) is 4.66. The van der Waals surface area contributed by atoms with Gasteiger partial charge in [-0.3, -0.25) is 0 Å². The third kappa shape index (κ3) is 3.96.